The molecular weight excluding hydrogens is 356 g/mol. The smallest absolute Gasteiger partial charge is 0.205 e. The van der Waals surface area contributed by atoms with E-state index in [1.807, 2.05) is 19.4 Å². The molecule has 152 valence electrons. The number of likely N-dealkylation sites (N-methyl/N-ethyl adjacent to an activating group) is 1. The maximum Gasteiger partial charge on any atom is 0.205 e. The van der Waals surface area contributed by atoms with Gasteiger partial charge >= 0.3 is 0 Å². The lowest BCUT2D eigenvalue weighted by Gasteiger charge is -2.36. The summed E-state index contributed by atoms with van der Waals surface area (Å²) in [5.41, 5.74) is 0. The summed E-state index contributed by atoms with van der Waals surface area (Å²) in [6.45, 7) is 5.15. The first kappa shape index (κ1) is 18.9. The van der Waals surface area contributed by atoms with Crippen molar-refractivity contribution in [1.82, 2.24) is 24.4 Å². The second-order valence-corrected chi connectivity index (χ2v) is 8.00. The molecule has 0 aliphatic carbocycles. The molecule has 9 heteroatoms. The number of nitrogens with zero attached hydrogens (tertiary/aromatic N) is 8. The highest BCUT2D eigenvalue weighted by molar-refractivity contribution is 5.52. The molecule has 2 fully saturated rings. The summed E-state index contributed by atoms with van der Waals surface area (Å²) in [7, 11) is 6.16. The second-order valence-electron chi connectivity index (χ2n) is 8.00. The average Bonchev–Trinajstić information content (AvgIpc) is 3.27. The van der Waals surface area contributed by atoms with Gasteiger partial charge in [0.25, 0.3) is 0 Å². The summed E-state index contributed by atoms with van der Waals surface area (Å²) in [6, 6.07) is 2.34. The molecule has 28 heavy (non-hydrogen) atoms. The number of piperazine rings is 1. The van der Waals surface area contributed by atoms with E-state index in [4.69, 9.17) is 0 Å². The molecule has 1 N–H and O–H groups in total. The third-order valence-corrected chi connectivity index (χ3v) is 5.58. The van der Waals surface area contributed by atoms with E-state index in [0.29, 0.717) is 6.54 Å². The molecule has 0 unspecified atom stereocenters. The molecule has 0 radical (unpaired) electrons. The molecule has 0 aromatic carbocycles. The fraction of sp³-hybridized carbons (Fsp3) is 0.632. The lowest BCUT2D eigenvalue weighted by molar-refractivity contribution is 0.191. The van der Waals surface area contributed by atoms with E-state index in [2.05, 4.69) is 59.3 Å². The molecule has 2 saturated heterocycles. The Morgan fingerprint density at radius 3 is 2.46 bits per heavy atom. The van der Waals surface area contributed by atoms with Gasteiger partial charge in [0.15, 0.2) is 0 Å². The van der Waals surface area contributed by atoms with Crippen LogP contribution >= 0.6 is 0 Å². The van der Waals surface area contributed by atoms with Gasteiger partial charge in [0, 0.05) is 70.8 Å². The van der Waals surface area contributed by atoms with Crippen LogP contribution in [0.2, 0.25) is 0 Å². The molecular formula is C19H30N8O. The normalized spacial score (nSPS) is 23.1. The molecule has 2 aromatic rings. The van der Waals surface area contributed by atoms with E-state index in [9.17, 15) is 5.11 Å². The molecule has 0 bridgehead atoms. The summed E-state index contributed by atoms with van der Waals surface area (Å²) in [5, 5.41) is 10.2. The summed E-state index contributed by atoms with van der Waals surface area (Å²) >= 11 is 0. The van der Waals surface area contributed by atoms with E-state index in [-0.39, 0.29) is 12.1 Å². The predicted molar refractivity (Wildman–Crippen MR) is 110 cm³/mol. The van der Waals surface area contributed by atoms with Crippen LogP contribution in [0.15, 0.2) is 24.8 Å². The third-order valence-electron chi connectivity index (χ3n) is 5.58. The van der Waals surface area contributed by atoms with Crippen LogP contribution in [0.3, 0.4) is 0 Å². The zero-order valence-corrected chi connectivity index (χ0v) is 16.9. The lowest BCUT2D eigenvalue weighted by Crippen LogP contribution is -2.47. The summed E-state index contributed by atoms with van der Waals surface area (Å²) in [5.74, 6) is 2.87. The number of imidazole rings is 1. The Labute approximate surface area is 166 Å². The molecule has 9 nitrogen and oxygen atoms in total. The number of hydrogen-bond acceptors (Lipinski definition) is 8. The maximum atomic E-state index is 10.2. The van der Waals surface area contributed by atoms with Crippen LogP contribution in [0.5, 0.6) is 0 Å². The van der Waals surface area contributed by atoms with Gasteiger partial charge < -0.3 is 29.3 Å². The van der Waals surface area contributed by atoms with Crippen molar-refractivity contribution in [3.05, 3.63) is 24.8 Å². The maximum absolute atomic E-state index is 10.2. The fourth-order valence-corrected chi connectivity index (χ4v) is 4.23. The van der Waals surface area contributed by atoms with Crippen LogP contribution in [0.4, 0.5) is 17.6 Å². The van der Waals surface area contributed by atoms with E-state index < -0.39 is 0 Å². The second kappa shape index (κ2) is 7.92. The number of rotatable bonds is 5. The number of anilines is 3. The van der Waals surface area contributed by atoms with Gasteiger partial charge in [-0.25, -0.2) is 15.0 Å². The molecule has 2 aliphatic heterocycles. The monoisotopic (exact) mass is 386 g/mol. The number of aryl methyl sites for hydroxylation is 1. The number of aliphatic hydroxyl groups excluding tert-OH is 1. The largest absolute Gasteiger partial charge is 0.391 e. The van der Waals surface area contributed by atoms with Crippen LogP contribution in [0, 0.1) is 0 Å². The Balaban J connectivity index is 1.45. The van der Waals surface area contributed by atoms with Crippen molar-refractivity contribution >= 4 is 17.6 Å². The minimum atomic E-state index is -0.301. The predicted octanol–water partition coefficient (Wildman–Crippen LogP) is 0.0379. The minimum absolute atomic E-state index is 0.271. The van der Waals surface area contributed by atoms with E-state index in [1.165, 1.54) is 0 Å². The Hall–Kier alpha value is -2.39. The number of aliphatic hydroxyl groups is 1. The van der Waals surface area contributed by atoms with Gasteiger partial charge in [-0.15, -0.1) is 0 Å². The average molecular weight is 387 g/mol. The molecule has 0 saturated carbocycles. The van der Waals surface area contributed by atoms with Crippen LogP contribution in [0.1, 0.15) is 6.42 Å². The van der Waals surface area contributed by atoms with Crippen molar-refractivity contribution in [3.8, 4) is 0 Å². The van der Waals surface area contributed by atoms with Crippen LogP contribution < -0.4 is 14.7 Å². The van der Waals surface area contributed by atoms with E-state index >= 15 is 0 Å². The highest BCUT2D eigenvalue weighted by atomic mass is 16.3. The van der Waals surface area contributed by atoms with Crippen molar-refractivity contribution in [2.45, 2.75) is 18.6 Å². The Morgan fingerprint density at radius 1 is 1.07 bits per heavy atom. The lowest BCUT2D eigenvalue weighted by atomic mass is 10.2. The van der Waals surface area contributed by atoms with E-state index in [0.717, 1.165) is 56.7 Å². The molecule has 0 spiro atoms. The standard InChI is InChI=1S/C19H30N8O/c1-23(2)12-15-10-16(28)13-27(15)18-11-17(21-14-22-18)25-6-8-26(9-7-25)19-20-4-5-24(19)3/h4-5,11,14-16,28H,6-10,12-13H2,1-3H3/t15-,16-/m1/s1. The Bertz CT molecular complexity index is 786. The molecule has 4 heterocycles. The molecule has 2 atom stereocenters. The SMILES string of the molecule is CN(C)C[C@H]1C[C@@H](O)CN1c1cc(N2CCN(c3nccn3C)CC2)ncn1. The Kier molecular flexibility index (Phi) is 5.36. The van der Waals surface area contributed by atoms with Crippen molar-refractivity contribution in [1.29, 1.82) is 0 Å². The highest BCUT2D eigenvalue weighted by Crippen LogP contribution is 2.27. The van der Waals surface area contributed by atoms with Crippen LogP contribution in [-0.4, -0.2) is 95.0 Å². The van der Waals surface area contributed by atoms with Crippen molar-refractivity contribution in [2.75, 3.05) is 68.1 Å². The fourth-order valence-electron chi connectivity index (χ4n) is 4.23. The first-order chi connectivity index (χ1) is 13.5. The van der Waals surface area contributed by atoms with Gasteiger partial charge in [-0.3, -0.25) is 0 Å². The zero-order chi connectivity index (χ0) is 19.7. The first-order valence-corrected chi connectivity index (χ1v) is 9.90. The van der Waals surface area contributed by atoms with Gasteiger partial charge in [0.2, 0.25) is 5.95 Å². The number of β-amino-alcohol motifs (C(OH)–C–C–N with tert-alkyl or cyclic N) is 1. The minimum Gasteiger partial charge on any atom is -0.391 e. The molecule has 2 aliphatic rings. The molecule has 4 rings (SSSR count). The van der Waals surface area contributed by atoms with Crippen molar-refractivity contribution in [2.24, 2.45) is 7.05 Å². The Morgan fingerprint density at radius 2 is 1.79 bits per heavy atom. The summed E-state index contributed by atoms with van der Waals surface area (Å²) < 4.78 is 2.06. The summed E-state index contributed by atoms with van der Waals surface area (Å²) in [6.07, 6.45) is 5.94. The van der Waals surface area contributed by atoms with Gasteiger partial charge in [-0.1, -0.05) is 0 Å². The topological polar surface area (TPSA) is 76.8 Å². The van der Waals surface area contributed by atoms with Gasteiger partial charge in [-0.05, 0) is 20.5 Å². The quantitative estimate of drug-likeness (QED) is 0.772. The van der Waals surface area contributed by atoms with Crippen LogP contribution in [0.25, 0.3) is 0 Å². The molecule has 2 aromatic heterocycles. The third kappa shape index (κ3) is 3.90. The van der Waals surface area contributed by atoms with Gasteiger partial charge in [0.05, 0.1) is 6.10 Å². The van der Waals surface area contributed by atoms with Crippen LogP contribution in [-0.2, 0) is 7.05 Å². The number of aromatic nitrogens is 4. The van der Waals surface area contributed by atoms with Crippen molar-refractivity contribution < 1.29 is 5.11 Å². The van der Waals surface area contributed by atoms with Gasteiger partial charge in [-0.2, -0.15) is 0 Å². The zero-order valence-electron chi connectivity index (χ0n) is 16.9. The first-order valence-electron chi connectivity index (χ1n) is 9.90. The summed E-state index contributed by atoms with van der Waals surface area (Å²) in [4.78, 5) is 22.5. The van der Waals surface area contributed by atoms with Gasteiger partial charge in [0.1, 0.15) is 18.0 Å². The van der Waals surface area contributed by atoms with E-state index in [1.54, 1.807) is 6.33 Å². The molecule has 0 amide bonds. The van der Waals surface area contributed by atoms with Crippen molar-refractivity contribution in [3.63, 3.8) is 0 Å². The number of hydrogen-bond donors (Lipinski definition) is 1. The highest BCUT2D eigenvalue weighted by Gasteiger charge is 2.32.